The Morgan fingerprint density at radius 3 is 2.61 bits per heavy atom. The van der Waals surface area contributed by atoms with E-state index in [1.165, 1.54) is 18.2 Å². The maximum Gasteiger partial charge on any atom is 0.142 e. The Bertz CT molecular complexity index is 577. The van der Waals surface area contributed by atoms with Crippen LogP contribution in [0.1, 0.15) is 5.56 Å². The van der Waals surface area contributed by atoms with E-state index >= 15 is 0 Å². The molecule has 0 aliphatic rings. The van der Waals surface area contributed by atoms with Gasteiger partial charge in [-0.2, -0.15) is 0 Å². The zero-order valence-electron chi connectivity index (χ0n) is 9.29. The quantitative estimate of drug-likeness (QED) is 0.899. The lowest BCUT2D eigenvalue weighted by Crippen LogP contribution is -1.96. The first kappa shape index (κ1) is 13.3. The molecule has 2 aromatic carbocycles. The Hall–Kier alpha value is -1.10. The van der Waals surface area contributed by atoms with Gasteiger partial charge in [-0.3, -0.25) is 0 Å². The standard InChI is InChI=1S/C13H10BrClFNO/c14-10-5-8(7-17)1-4-13(10)18-9-2-3-12(16)11(15)6-9/h1-6H,7,17H2. The summed E-state index contributed by atoms with van der Waals surface area (Å²) < 4.78 is 19.4. The molecule has 2 nitrogen and oxygen atoms in total. The Balaban J connectivity index is 2.25. The fraction of sp³-hybridized carbons (Fsp3) is 0.0769. The van der Waals surface area contributed by atoms with Gasteiger partial charge in [0.2, 0.25) is 0 Å². The second-order valence-corrected chi connectivity index (χ2v) is 4.91. The molecule has 0 saturated heterocycles. The van der Waals surface area contributed by atoms with Gasteiger partial charge in [-0.15, -0.1) is 0 Å². The molecule has 0 aliphatic heterocycles. The molecule has 0 amide bonds. The normalized spacial score (nSPS) is 10.4. The molecule has 0 spiro atoms. The number of nitrogens with two attached hydrogens (primary N) is 1. The van der Waals surface area contributed by atoms with Crippen molar-refractivity contribution in [2.45, 2.75) is 6.54 Å². The number of benzene rings is 2. The van der Waals surface area contributed by atoms with Crippen molar-refractivity contribution < 1.29 is 9.13 Å². The molecule has 0 heterocycles. The zero-order valence-corrected chi connectivity index (χ0v) is 11.6. The smallest absolute Gasteiger partial charge is 0.142 e. The topological polar surface area (TPSA) is 35.2 Å². The van der Waals surface area contributed by atoms with E-state index in [9.17, 15) is 4.39 Å². The SMILES string of the molecule is NCc1ccc(Oc2ccc(F)c(Cl)c2)c(Br)c1. The van der Waals surface area contributed by atoms with E-state index in [4.69, 9.17) is 22.1 Å². The van der Waals surface area contributed by atoms with Crippen LogP contribution in [-0.4, -0.2) is 0 Å². The van der Waals surface area contributed by atoms with Crippen LogP contribution in [0.25, 0.3) is 0 Å². The van der Waals surface area contributed by atoms with Crippen LogP contribution in [0.2, 0.25) is 5.02 Å². The summed E-state index contributed by atoms with van der Waals surface area (Å²) in [5.41, 5.74) is 6.53. The molecule has 0 radical (unpaired) electrons. The number of ether oxygens (including phenoxy) is 1. The summed E-state index contributed by atoms with van der Waals surface area (Å²) in [5, 5.41) is 0.0298. The predicted octanol–water partition coefficient (Wildman–Crippen LogP) is 4.49. The van der Waals surface area contributed by atoms with Crippen molar-refractivity contribution in [1.82, 2.24) is 0 Å². The molecule has 0 fully saturated rings. The molecular formula is C13H10BrClFNO. The van der Waals surface area contributed by atoms with Gasteiger partial charge < -0.3 is 10.5 Å². The first-order valence-electron chi connectivity index (χ1n) is 5.21. The van der Waals surface area contributed by atoms with Gasteiger partial charge in [0.15, 0.2) is 0 Å². The molecule has 2 aromatic rings. The van der Waals surface area contributed by atoms with Crippen LogP contribution in [0.4, 0.5) is 4.39 Å². The molecule has 0 bridgehead atoms. The first-order valence-corrected chi connectivity index (χ1v) is 6.38. The van der Waals surface area contributed by atoms with Gasteiger partial charge in [0.25, 0.3) is 0 Å². The van der Waals surface area contributed by atoms with Crippen molar-refractivity contribution in [3.63, 3.8) is 0 Å². The van der Waals surface area contributed by atoms with Gasteiger partial charge in [0.1, 0.15) is 17.3 Å². The predicted molar refractivity (Wildman–Crippen MR) is 73.5 cm³/mol. The van der Waals surface area contributed by atoms with E-state index in [1.54, 1.807) is 6.07 Å². The van der Waals surface area contributed by atoms with E-state index in [0.29, 0.717) is 18.0 Å². The summed E-state index contributed by atoms with van der Waals surface area (Å²) >= 11 is 9.08. The van der Waals surface area contributed by atoms with Crippen molar-refractivity contribution in [2.75, 3.05) is 0 Å². The Morgan fingerprint density at radius 2 is 2.00 bits per heavy atom. The van der Waals surface area contributed by atoms with Crippen molar-refractivity contribution in [1.29, 1.82) is 0 Å². The second-order valence-electron chi connectivity index (χ2n) is 3.65. The monoisotopic (exact) mass is 329 g/mol. The van der Waals surface area contributed by atoms with Crippen molar-refractivity contribution in [3.8, 4) is 11.5 Å². The number of hydrogen-bond acceptors (Lipinski definition) is 2. The average molecular weight is 331 g/mol. The highest BCUT2D eigenvalue weighted by molar-refractivity contribution is 9.10. The van der Waals surface area contributed by atoms with Gasteiger partial charge in [-0.25, -0.2) is 4.39 Å². The van der Waals surface area contributed by atoms with Crippen molar-refractivity contribution in [2.24, 2.45) is 5.73 Å². The van der Waals surface area contributed by atoms with Crippen LogP contribution in [0.5, 0.6) is 11.5 Å². The summed E-state index contributed by atoms with van der Waals surface area (Å²) in [6.07, 6.45) is 0. The average Bonchev–Trinajstić information content (AvgIpc) is 2.36. The van der Waals surface area contributed by atoms with Gasteiger partial charge in [0, 0.05) is 12.6 Å². The summed E-state index contributed by atoms with van der Waals surface area (Å²) in [6.45, 7) is 0.460. The molecule has 94 valence electrons. The van der Waals surface area contributed by atoms with Gasteiger partial charge in [0.05, 0.1) is 9.50 Å². The molecule has 18 heavy (non-hydrogen) atoms. The molecule has 2 rings (SSSR count). The second kappa shape index (κ2) is 5.69. The van der Waals surface area contributed by atoms with E-state index < -0.39 is 5.82 Å². The maximum atomic E-state index is 13.0. The van der Waals surface area contributed by atoms with Crippen LogP contribution >= 0.6 is 27.5 Å². The molecule has 0 saturated carbocycles. The fourth-order valence-corrected chi connectivity index (χ4v) is 2.10. The lowest BCUT2D eigenvalue weighted by molar-refractivity contribution is 0.477. The summed E-state index contributed by atoms with van der Waals surface area (Å²) in [7, 11) is 0. The minimum absolute atomic E-state index is 0.0298. The van der Waals surface area contributed by atoms with Crippen LogP contribution in [-0.2, 0) is 6.54 Å². The number of halogens is 3. The van der Waals surface area contributed by atoms with Crippen LogP contribution in [0.3, 0.4) is 0 Å². The minimum atomic E-state index is -0.471. The highest BCUT2D eigenvalue weighted by Gasteiger charge is 2.06. The van der Waals surface area contributed by atoms with Gasteiger partial charge in [-0.1, -0.05) is 17.7 Å². The summed E-state index contributed by atoms with van der Waals surface area (Å²) in [5.74, 6) is 0.624. The van der Waals surface area contributed by atoms with Crippen molar-refractivity contribution in [3.05, 3.63) is 57.3 Å². The Morgan fingerprint density at radius 1 is 1.22 bits per heavy atom. The Labute approximate surface area is 118 Å². The summed E-state index contributed by atoms with van der Waals surface area (Å²) in [6, 6.07) is 9.75. The molecule has 2 N–H and O–H groups in total. The molecule has 0 aliphatic carbocycles. The van der Waals surface area contributed by atoms with Crippen molar-refractivity contribution >= 4 is 27.5 Å². The van der Waals surface area contributed by atoms with Crippen LogP contribution < -0.4 is 10.5 Å². The molecule has 0 unspecified atom stereocenters. The Kier molecular flexibility index (Phi) is 4.22. The largest absolute Gasteiger partial charge is 0.456 e. The highest BCUT2D eigenvalue weighted by atomic mass is 79.9. The fourth-order valence-electron chi connectivity index (χ4n) is 1.42. The van der Waals surface area contributed by atoms with Gasteiger partial charge >= 0.3 is 0 Å². The minimum Gasteiger partial charge on any atom is -0.456 e. The molecule has 0 atom stereocenters. The molecular weight excluding hydrogens is 321 g/mol. The van der Waals surface area contributed by atoms with E-state index in [0.717, 1.165) is 10.0 Å². The van der Waals surface area contributed by atoms with E-state index in [2.05, 4.69) is 15.9 Å². The van der Waals surface area contributed by atoms with Gasteiger partial charge in [-0.05, 0) is 45.8 Å². The van der Waals surface area contributed by atoms with Crippen LogP contribution in [0, 0.1) is 5.82 Å². The van der Waals surface area contributed by atoms with E-state index in [-0.39, 0.29) is 5.02 Å². The maximum absolute atomic E-state index is 13.0. The lowest BCUT2D eigenvalue weighted by Gasteiger charge is -2.09. The number of rotatable bonds is 3. The molecule has 0 aromatic heterocycles. The first-order chi connectivity index (χ1) is 8.60. The molecule has 5 heteroatoms. The summed E-state index contributed by atoms with van der Waals surface area (Å²) in [4.78, 5) is 0. The third-order valence-corrected chi connectivity index (χ3v) is 3.26. The van der Waals surface area contributed by atoms with Crippen LogP contribution in [0.15, 0.2) is 40.9 Å². The third kappa shape index (κ3) is 3.02. The zero-order chi connectivity index (χ0) is 13.1. The lowest BCUT2D eigenvalue weighted by atomic mass is 10.2. The highest BCUT2D eigenvalue weighted by Crippen LogP contribution is 2.32. The van der Waals surface area contributed by atoms with E-state index in [1.807, 2.05) is 12.1 Å². The number of hydrogen-bond donors (Lipinski definition) is 1. The third-order valence-electron chi connectivity index (χ3n) is 2.35.